The van der Waals surface area contributed by atoms with Crippen molar-refractivity contribution < 1.29 is 0 Å². The van der Waals surface area contributed by atoms with Gasteiger partial charge >= 0.3 is 0 Å². The second kappa shape index (κ2) is 5.36. The van der Waals surface area contributed by atoms with Crippen LogP contribution < -0.4 is 5.73 Å². The number of benzene rings is 2. The van der Waals surface area contributed by atoms with Crippen LogP contribution in [0.5, 0.6) is 0 Å². The van der Waals surface area contributed by atoms with Crippen LogP contribution in [0.25, 0.3) is 0 Å². The van der Waals surface area contributed by atoms with Crippen LogP contribution in [0.3, 0.4) is 0 Å². The fraction of sp³-hybridized carbons (Fsp3) is 0.294. The van der Waals surface area contributed by atoms with Gasteiger partial charge in [0.05, 0.1) is 6.04 Å². The standard InChI is InChI=1S/C17H21N/c1-4-14-7-5-6-8-16(14)17(18)15-10-9-12(2)11-13(15)3/h5-11,17H,4,18H2,1-3H3. The molecule has 2 aromatic rings. The van der Waals surface area contributed by atoms with Crippen LogP contribution >= 0.6 is 0 Å². The molecule has 0 heterocycles. The lowest BCUT2D eigenvalue weighted by Crippen LogP contribution is -2.15. The van der Waals surface area contributed by atoms with Gasteiger partial charge in [-0.1, -0.05) is 55.0 Å². The Morgan fingerprint density at radius 3 is 2.39 bits per heavy atom. The number of hydrogen-bond donors (Lipinski definition) is 1. The van der Waals surface area contributed by atoms with E-state index in [1.54, 1.807) is 0 Å². The average Bonchev–Trinajstić information content (AvgIpc) is 2.38. The summed E-state index contributed by atoms with van der Waals surface area (Å²) in [5, 5.41) is 0. The van der Waals surface area contributed by atoms with E-state index in [9.17, 15) is 0 Å². The van der Waals surface area contributed by atoms with Gasteiger partial charge in [0, 0.05) is 0 Å². The molecular weight excluding hydrogens is 218 g/mol. The highest BCUT2D eigenvalue weighted by Gasteiger charge is 2.13. The molecule has 0 saturated heterocycles. The maximum atomic E-state index is 6.44. The first-order chi connectivity index (χ1) is 8.63. The summed E-state index contributed by atoms with van der Waals surface area (Å²) in [5.74, 6) is 0. The summed E-state index contributed by atoms with van der Waals surface area (Å²) >= 11 is 0. The molecule has 0 aromatic heterocycles. The summed E-state index contributed by atoms with van der Waals surface area (Å²) in [6, 6.07) is 14.9. The molecule has 1 nitrogen and oxygen atoms in total. The third kappa shape index (κ3) is 2.46. The van der Waals surface area contributed by atoms with Crippen LogP contribution in [0.15, 0.2) is 42.5 Å². The Kier molecular flexibility index (Phi) is 3.83. The van der Waals surface area contributed by atoms with E-state index >= 15 is 0 Å². The number of aryl methyl sites for hydroxylation is 3. The first-order valence-corrected chi connectivity index (χ1v) is 6.54. The number of hydrogen-bond acceptors (Lipinski definition) is 1. The molecule has 18 heavy (non-hydrogen) atoms. The van der Waals surface area contributed by atoms with Crippen molar-refractivity contribution in [1.82, 2.24) is 0 Å². The summed E-state index contributed by atoms with van der Waals surface area (Å²) < 4.78 is 0. The minimum Gasteiger partial charge on any atom is -0.320 e. The molecule has 0 bridgehead atoms. The molecule has 0 amide bonds. The van der Waals surface area contributed by atoms with Crippen LogP contribution in [0.4, 0.5) is 0 Å². The van der Waals surface area contributed by atoms with Gasteiger partial charge in [-0.05, 0) is 42.5 Å². The molecule has 1 atom stereocenters. The van der Waals surface area contributed by atoms with Crippen molar-refractivity contribution in [2.24, 2.45) is 5.73 Å². The quantitative estimate of drug-likeness (QED) is 0.863. The summed E-state index contributed by atoms with van der Waals surface area (Å²) in [5.41, 5.74) is 12.8. The predicted octanol–water partition coefficient (Wildman–Crippen LogP) is 3.91. The second-order valence-corrected chi connectivity index (χ2v) is 4.89. The van der Waals surface area contributed by atoms with Crippen LogP contribution in [0, 0.1) is 13.8 Å². The van der Waals surface area contributed by atoms with Gasteiger partial charge in [-0.15, -0.1) is 0 Å². The van der Waals surface area contributed by atoms with Crippen molar-refractivity contribution in [2.45, 2.75) is 33.2 Å². The van der Waals surface area contributed by atoms with Gasteiger partial charge < -0.3 is 5.73 Å². The molecule has 94 valence electrons. The molecule has 0 aliphatic carbocycles. The van der Waals surface area contributed by atoms with Crippen LogP contribution in [-0.4, -0.2) is 0 Å². The van der Waals surface area contributed by atoms with Crippen molar-refractivity contribution in [3.8, 4) is 0 Å². The molecule has 0 spiro atoms. The molecule has 2 rings (SSSR count). The lowest BCUT2D eigenvalue weighted by atomic mass is 9.91. The average molecular weight is 239 g/mol. The Balaban J connectivity index is 2.44. The smallest absolute Gasteiger partial charge is 0.0556 e. The van der Waals surface area contributed by atoms with E-state index in [1.807, 2.05) is 0 Å². The Labute approximate surface area is 110 Å². The third-order valence-electron chi connectivity index (χ3n) is 3.53. The monoisotopic (exact) mass is 239 g/mol. The van der Waals surface area contributed by atoms with Gasteiger partial charge in [0.2, 0.25) is 0 Å². The lowest BCUT2D eigenvalue weighted by molar-refractivity contribution is 0.840. The van der Waals surface area contributed by atoms with Crippen molar-refractivity contribution in [3.63, 3.8) is 0 Å². The summed E-state index contributed by atoms with van der Waals surface area (Å²) in [6.07, 6.45) is 1.02. The summed E-state index contributed by atoms with van der Waals surface area (Å²) in [4.78, 5) is 0. The molecule has 1 heteroatoms. The third-order valence-corrected chi connectivity index (χ3v) is 3.53. The molecule has 0 saturated carbocycles. The highest BCUT2D eigenvalue weighted by Crippen LogP contribution is 2.26. The first kappa shape index (κ1) is 12.8. The number of rotatable bonds is 3. The minimum atomic E-state index is -0.0262. The molecule has 0 radical (unpaired) electrons. The molecule has 0 fully saturated rings. The van der Waals surface area contributed by atoms with Crippen LogP contribution in [0.1, 0.15) is 40.8 Å². The Bertz CT molecular complexity index is 543. The Morgan fingerprint density at radius 1 is 1.00 bits per heavy atom. The lowest BCUT2D eigenvalue weighted by Gasteiger charge is -2.18. The molecule has 2 N–H and O–H groups in total. The fourth-order valence-corrected chi connectivity index (χ4v) is 2.50. The highest BCUT2D eigenvalue weighted by atomic mass is 14.6. The van der Waals surface area contributed by atoms with E-state index in [1.165, 1.54) is 27.8 Å². The highest BCUT2D eigenvalue weighted by molar-refractivity contribution is 5.41. The zero-order valence-corrected chi connectivity index (χ0v) is 11.4. The zero-order valence-electron chi connectivity index (χ0n) is 11.4. The molecule has 1 unspecified atom stereocenters. The molecule has 0 aliphatic heterocycles. The van der Waals surface area contributed by atoms with E-state index in [4.69, 9.17) is 5.73 Å². The topological polar surface area (TPSA) is 26.0 Å². The normalized spacial score (nSPS) is 12.4. The van der Waals surface area contributed by atoms with Gasteiger partial charge in [-0.25, -0.2) is 0 Å². The predicted molar refractivity (Wildman–Crippen MR) is 77.8 cm³/mol. The first-order valence-electron chi connectivity index (χ1n) is 6.54. The van der Waals surface area contributed by atoms with Crippen LogP contribution in [-0.2, 0) is 6.42 Å². The van der Waals surface area contributed by atoms with E-state index in [-0.39, 0.29) is 6.04 Å². The largest absolute Gasteiger partial charge is 0.320 e. The van der Waals surface area contributed by atoms with Gasteiger partial charge in [0.15, 0.2) is 0 Å². The van der Waals surface area contributed by atoms with E-state index in [0.29, 0.717) is 0 Å². The number of nitrogens with two attached hydrogens (primary N) is 1. The SMILES string of the molecule is CCc1ccccc1C(N)c1ccc(C)cc1C. The minimum absolute atomic E-state index is 0.0262. The Hall–Kier alpha value is -1.60. The molecule has 0 aliphatic rings. The molecule has 2 aromatic carbocycles. The maximum absolute atomic E-state index is 6.44. The van der Waals surface area contributed by atoms with E-state index in [0.717, 1.165) is 6.42 Å². The van der Waals surface area contributed by atoms with Crippen molar-refractivity contribution >= 4 is 0 Å². The Morgan fingerprint density at radius 2 is 1.72 bits per heavy atom. The summed E-state index contributed by atoms with van der Waals surface area (Å²) in [6.45, 7) is 6.42. The fourth-order valence-electron chi connectivity index (χ4n) is 2.50. The van der Waals surface area contributed by atoms with E-state index < -0.39 is 0 Å². The van der Waals surface area contributed by atoms with E-state index in [2.05, 4.69) is 63.2 Å². The zero-order chi connectivity index (χ0) is 13.1. The van der Waals surface area contributed by atoms with Gasteiger partial charge in [-0.3, -0.25) is 0 Å². The summed E-state index contributed by atoms with van der Waals surface area (Å²) in [7, 11) is 0. The molecular formula is C17H21N. The van der Waals surface area contributed by atoms with Crippen LogP contribution in [0.2, 0.25) is 0 Å². The van der Waals surface area contributed by atoms with Gasteiger partial charge in [-0.2, -0.15) is 0 Å². The maximum Gasteiger partial charge on any atom is 0.0556 e. The van der Waals surface area contributed by atoms with Crippen molar-refractivity contribution in [1.29, 1.82) is 0 Å². The van der Waals surface area contributed by atoms with Crippen molar-refractivity contribution in [2.75, 3.05) is 0 Å². The second-order valence-electron chi connectivity index (χ2n) is 4.89. The van der Waals surface area contributed by atoms with Gasteiger partial charge in [0.25, 0.3) is 0 Å². The van der Waals surface area contributed by atoms with Gasteiger partial charge in [0.1, 0.15) is 0 Å². The van der Waals surface area contributed by atoms with Crippen molar-refractivity contribution in [3.05, 3.63) is 70.3 Å².